The van der Waals surface area contributed by atoms with Crippen LogP contribution >= 0.6 is 22.9 Å². The minimum atomic E-state index is -0.586. The molecule has 1 aromatic carbocycles. The Labute approximate surface area is 169 Å². The van der Waals surface area contributed by atoms with Crippen molar-refractivity contribution in [3.05, 3.63) is 60.6 Å². The van der Waals surface area contributed by atoms with E-state index in [0.717, 1.165) is 21.6 Å². The number of hydrogen-bond donors (Lipinski definition) is 0. The Bertz CT molecular complexity index is 1210. The van der Waals surface area contributed by atoms with Crippen LogP contribution in [0.2, 0.25) is 5.02 Å². The standard InChI is InChI=1S/C19H18ClN3O4S/c1-21-7-6-13-14(9-21)28-18-16(13)17(25)23(12-5-3-4-11(20)8-12)19(26)22(18)10-15(24)27-2/h3-5,8H,6-7,9-10H2,1-2H3. The molecule has 4 rings (SSSR count). The Morgan fingerprint density at radius 2 is 2.11 bits per heavy atom. The fourth-order valence-electron chi connectivity index (χ4n) is 3.51. The van der Waals surface area contributed by atoms with Gasteiger partial charge in [-0.1, -0.05) is 17.7 Å². The van der Waals surface area contributed by atoms with E-state index in [1.54, 1.807) is 24.3 Å². The van der Waals surface area contributed by atoms with Gasteiger partial charge in [-0.25, -0.2) is 9.36 Å². The van der Waals surface area contributed by atoms with Gasteiger partial charge in [0.1, 0.15) is 11.4 Å². The summed E-state index contributed by atoms with van der Waals surface area (Å²) in [6.07, 6.45) is 0.715. The second-order valence-corrected chi connectivity index (χ2v) is 8.26. The number of benzene rings is 1. The van der Waals surface area contributed by atoms with Crippen LogP contribution in [0.5, 0.6) is 0 Å². The molecule has 146 valence electrons. The number of carbonyl (C=O) groups is 1. The number of carbonyl (C=O) groups excluding carboxylic acids is 1. The zero-order valence-corrected chi connectivity index (χ0v) is 17.0. The zero-order chi connectivity index (χ0) is 20.0. The monoisotopic (exact) mass is 419 g/mol. The first-order valence-electron chi connectivity index (χ1n) is 8.72. The second kappa shape index (κ2) is 7.20. The number of ether oxygens (including phenoxy) is 1. The molecule has 2 aromatic heterocycles. The third-order valence-corrected chi connectivity index (χ3v) is 6.37. The van der Waals surface area contributed by atoms with Gasteiger partial charge < -0.3 is 9.64 Å². The number of likely N-dealkylation sites (N-methyl/N-ethyl adjacent to an activating group) is 1. The molecular formula is C19H18ClN3O4S. The maximum Gasteiger partial charge on any atom is 0.337 e. The molecule has 1 aliphatic rings. The Morgan fingerprint density at radius 1 is 1.32 bits per heavy atom. The average Bonchev–Trinajstić information content (AvgIpc) is 3.03. The van der Waals surface area contributed by atoms with E-state index in [1.807, 2.05) is 7.05 Å². The lowest BCUT2D eigenvalue weighted by Gasteiger charge is -2.21. The minimum absolute atomic E-state index is 0.262. The second-order valence-electron chi connectivity index (χ2n) is 6.74. The van der Waals surface area contributed by atoms with Crippen LogP contribution in [-0.4, -0.2) is 40.7 Å². The molecule has 1 aliphatic heterocycles. The molecule has 3 aromatic rings. The molecule has 0 saturated heterocycles. The SMILES string of the molecule is COC(=O)Cn1c(=O)n(-c2cccc(Cl)c2)c(=O)c2c3c(sc21)CN(C)CC3. The largest absolute Gasteiger partial charge is 0.468 e. The van der Waals surface area contributed by atoms with Crippen molar-refractivity contribution in [3.8, 4) is 5.69 Å². The van der Waals surface area contributed by atoms with Crippen molar-refractivity contribution < 1.29 is 9.53 Å². The van der Waals surface area contributed by atoms with Gasteiger partial charge >= 0.3 is 11.7 Å². The van der Waals surface area contributed by atoms with E-state index >= 15 is 0 Å². The number of nitrogens with zero attached hydrogens (tertiary/aromatic N) is 3. The molecule has 0 saturated carbocycles. The molecule has 0 bridgehead atoms. The van der Waals surface area contributed by atoms with Crippen LogP contribution < -0.4 is 11.2 Å². The highest BCUT2D eigenvalue weighted by Gasteiger charge is 2.26. The molecule has 3 heterocycles. The van der Waals surface area contributed by atoms with Crippen molar-refractivity contribution in [2.75, 3.05) is 20.7 Å². The van der Waals surface area contributed by atoms with Crippen molar-refractivity contribution in [3.63, 3.8) is 0 Å². The van der Waals surface area contributed by atoms with Crippen molar-refractivity contribution in [2.24, 2.45) is 0 Å². The Kier molecular flexibility index (Phi) is 4.86. The number of rotatable bonds is 3. The van der Waals surface area contributed by atoms with E-state index in [9.17, 15) is 14.4 Å². The first-order valence-corrected chi connectivity index (χ1v) is 9.91. The van der Waals surface area contributed by atoms with Crippen molar-refractivity contribution in [1.82, 2.24) is 14.0 Å². The zero-order valence-electron chi connectivity index (χ0n) is 15.4. The summed E-state index contributed by atoms with van der Waals surface area (Å²) in [5, 5.41) is 0.911. The summed E-state index contributed by atoms with van der Waals surface area (Å²) >= 11 is 7.46. The molecule has 7 nitrogen and oxygen atoms in total. The van der Waals surface area contributed by atoms with Crippen LogP contribution in [0.3, 0.4) is 0 Å². The van der Waals surface area contributed by atoms with Gasteiger partial charge in [-0.3, -0.25) is 14.2 Å². The highest BCUT2D eigenvalue weighted by atomic mass is 35.5. The highest BCUT2D eigenvalue weighted by Crippen LogP contribution is 2.32. The van der Waals surface area contributed by atoms with E-state index in [4.69, 9.17) is 16.3 Å². The number of thiophene rings is 1. The van der Waals surface area contributed by atoms with Gasteiger partial charge in [-0.05, 0) is 37.2 Å². The van der Waals surface area contributed by atoms with E-state index < -0.39 is 11.7 Å². The van der Waals surface area contributed by atoms with Crippen LogP contribution in [0.1, 0.15) is 10.4 Å². The average molecular weight is 420 g/mol. The fourth-order valence-corrected chi connectivity index (χ4v) is 5.11. The summed E-state index contributed by atoms with van der Waals surface area (Å²) in [5.41, 5.74) is 0.357. The molecule has 0 spiro atoms. The summed E-state index contributed by atoms with van der Waals surface area (Å²) < 4.78 is 7.17. The van der Waals surface area contributed by atoms with Crippen LogP contribution in [0, 0.1) is 0 Å². The Hall–Kier alpha value is -2.42. The van der Waals surface area contributed by atoms with E-state index in [2.05, 4.69) is 4.90 Å². The van der Waals surface area contributed by atoms with Gasteiger partial charge in [0.25, 0.3) is 5.56 Å². The number of methoxy groups -OCH3 is 1. The van der Waals surface area contributed by atoms with Gasteiger partial charge in [0.2, 0.25) is 0 Å². The minimum Gasteiger partial charge on any atom is -0.468 e. The van der Waals surface area contributed by atoms with Crippen LogP contribution in [-0.2, 0) is 29.0 Å². The van der Waals surface area contributed by atoms with Gasteiger partial charge in [-0.2, -0.15) is 0 Å². The summed E-state index contributed by atoms with van der Waals surface area (Å²) in [5.74, 6) is -0.553. The lowest BCUT2D eigenvalue weighted by atomic mass is 10.1. The lowest BCUT2D eigenvalue weighted by Crippen LogP contribution is -2.40. The van der Waals surface area contributed by atoms with Crippen LogP contribution in [0.15, 0.2) is 33.9 Å². The molecule has 9 heteroatoms. The van der Waals surface area contributed by atoms with E-state index in [0.29, 0.717) is 33.9 Å². The van der Waals surface area contributed by atoms with Gasteiger partial charge in [0.15, 0.2) is 0 Å². The molecule has 0 aliphatic carbocycles. The lowest BCUT2D eigenvalue weighted by molar-refractivity contribution is -0.141. The summed E-state index contributed by atoms with van der Waals surface area (Å²) in [6, 6.07) is 6.56. The highest BCUT2D eigenvalue weighted by molar-refractivity contribution is 7.18. The summed E-state index contributed by atoms with van der Waals surface area (Å²) in [7, 11) is 3.28. The molecule has 28 heavy (non-hydrogen) atoms. The predicted molar refractivity (Wildman–Crippen MR) is 109 cm³/mol. The van der Waals surface area contributed by atoms with Crippen molar-refractivity contribution in [1.29, 1.82) is 0 Å². The normalized spacial score (nSPS) is 14.2. The Morgan fingerprint density at radius 3 is 2.82 bits per heavy atom. The number of halogens is 1. The van der Waals surface area contributed by atoms with Gasteiger partial charge in [0.05, 0.1) is 18.2 Å². The van der Waals surface area contributed by atoms with Crippen molar-refractivity contribution >= 4 is 39.1 Å². The number of esters is 1. The molecule has 0 N–H and O–H groups in total. The topological polar surface area (TPSA) is 73.5 Å². The van der Waals surface area contributed by atoms with Gasteiger partial charge in [-0.15, -0.1) is 11.3 Å². The quantitative estimate of drug-likeness (QED) is 0.607. The van der Waals surface area contributed by atoms with Crippen LogP contribution in [0.25, 0.3) is 15.9 Å². The Balaban J connectivity index is 2.09. The molecule has 0 unspecified atom stereocenters. The third kappa shape index (κ3) is 3.07. The number of fused-ring (bicyclic) bond motifs is 3. The molecular weight excluding hydrogens is 402 g/mol. The van der Waals surface area contributed by atoms with Gasteiger partial charge in [0, 0.05) is 23.0 Å². The van der Waals surface area contributed by atoms with E-state index in [1.165, 1.54) is 23.0 Å². The predicted octanol–water partition coefficient (Wildman–Crippen LogP) is 2.03. The molecule has 0 fully saturated rings. The van der Waals surface area contributed by atoms with Crippen LogP contribution in [0.4, 0.5) is 0 Å². The number of aromatic nitrogens is 2. The first kappa shape index (κ1) is 18.9. The van der Waals surface area contributed by atoms with Crippen molar-refractivity contribution in [2.45, 2.75) is 19.5 Å². The summed E-state index contributed by atoms with van der Waals surface area (Å²) in [4.78, 5) is 42.3. The molecule has 0 amide bonds. The van der Waals surface area contributed by atoms with E-state index in [-0.39, 0.29) is 12.1 Å². The first-order chi connectivity index (χ1) is 13.4. The fraction of sp³-hybridized carbons (Fsp3) is 0.316. The number of hydrogen-bond acceptors (Lipinski definition) is 6. The molecule has 0 atom stereocenters. The molecule has 0 radical (unpaired) electrons. The maximum absolute atomic E-state index is 13.4. The maximum atomic E-state index is 13.4. The third-order valence-electron chi connectivity index (χ3n) is 4.89. The summed E-state index contributed by atoms with van der Waals surface area (Å²) in [6.45, 7) is 1.27. The smallest absolute Gasteiger partial charge is 0.337 e.